The fraction of sp³-hybridized carbons (Fsp3) is 0.533. The molecule has 0 aromatic heterocycles. The molecule has 2 unspecified atom stereocenters. The van der Waals surface area contributed by atoms with E-state index in [2.05, 4.69) is 11.9 Å². The van der Waals surface area contributed by atoms with Crippen LogP contribution < -0.4 is 0 Å². The third-order valence-corrected chi connectivity index (χ3v) is 4.61. The van der Waals surface area contributed by atoms with E-state index < -0.39 is 0 Å². The molecule has 2 bridgehead atoms. The fourth-order valence-electron chi connectivity index (χ4n) is 3.51. The Morgan fingerprint density at radius 3 is 2.37 bits per heavy atom. The first-order valence-electron chi connectivity index (χ1n) is 6.67. The minimum absolute atomic E-state index is 0. The molecular formula is C15H19ClFNO. The maximum Gasteiger partial charge on any atom is 0.169 e. The van der Waals surface area contributed by atoms with E-state index in [1.807, 2.05) is 0 Å². The lowest BCUT2D eigenvalue weighted by atomic mass is 9.85. The van der Waals surface area contributed by atoms with E-state index in [0.717, 1.165) is 12.8 Å². The van der Waals surface area contributed by atoms with Crippen LogP contribution in [0.15, 0.2) is 24.3 Å². The highest BCUT2D eigenvalue weighted by Crippen LogP contribution is 2.38. The maximum absolute atomic E-state index is 13.7. The van der Waals surface area contributed by atoms with Gasteiger partial charge in [0.15, 0.2) is 5.78 Å². The Morgan fingerprint density at radius 1 is 1.21 bits per heavy atom. The fourth-order valence-corrected chi connectivity index (χ4v) is 3.51. The zero-order valence-corrected chi connectivity index (χ0v) is 11.8. The molecule has 2 heterocycles. The van der Waals surface area contributed by atoms with Gasteiger partial charge in [0.25, 0.3) is 0 Å². The average molecular weight is 284 g/mol. The highest BCUT2D eigenvalue weighted by atomic mass is 35.5. The zero-order chi connectivity index (χ0) is 12.7. The van der Waals surface area contributed by atoms with Crippen molar-refractivity contribution in [2.45, 2.75) is 37.8 Å². The Labute approximate surface area is 119 Å². The van der Waals surface area contributed by atoms with Gasteiger partial charge in [-0.05, 0) is 44.9 Å². The second-order valence-corrected chi connectivity index (χ2v) is 5.56. The molecule has 2 fully saturated rings. The Hall–Kier alpha value is -0.930. The monoisotopic (exact) mass is 283 g/mol. The van der Waals surface area contributed by atoms with Crippen LogP contribution in [-0.2, 0) is 0 Å². The lowest BCUT2D eigenvalue weighted by Crippen LogP contribution is -2.42. The molecule has 2 saturated heterocycles. The molecule has 2 atom stereocenters. The van der Waals surface area contributed by atoms with E-state index in [1.54, 1.807) is 18.2 Å². The lowest BCUT2D eigenvalue weighted by molar-refractivity contribution is 0.0763. The summed E-state index contributed by atoms with van der Waals surface area (Å²) in [6, 6.07) is 7.38. The number of carbonyl (C=O) groups is 1. The number of hydrogen-bond donors (Lipinski definition) is 0. The number of hydrogen-bond acceptors (Lipinski definition) is 2. The summed E-state index contributed by atoms with van der Waals surface area (Å²) < 4.78 is 13.7. The van der Waals surface area contributed by atoms with E-state index in [1.165, 1.54) is 18.9 Å². The normalized spacial score (nSPS) is 29.9. The van der Waals surface area contributed by atoms with Gasteiger partial charge in [0.05, 0.1) is 5.56 Å². The van der Waals surface area contributed by atoms with Crippen LogP contribution in [0.4, 0.5) is 4.39 Å². The summed E-state index contributed by atoms with van der Waals surface area (Å²) in [5.74, 6) is -0.373. The van der Waals surface area contributed by atoms with Crippen molar-refractivity contribution in [1.82, 2.24) is 4.90 Å². The van der Waals surface area contributed by atoms with Crippen molar-refractivity contribution in [2.24, 2.45) is 5.92 Å². The number of piperidine rings is 1. The number of ketones is 1. The van der Waals surface area contributed by atoms with Crippen molar-refractivity contribution >= 4 is 18.2 Å². The van der Waals surface area contributed by atoms with Gasteiger partial charge >= 0.3 is 0 Å². The predicted molar refractivity (Wildman–Crippen MR) is 75.3 cm³/mol. The first kappa shape index (κ1) is 14.5. The van der Waals surface area contributed by atoms with Gasteiger partial charge in [-0.25, -0.2) is 4.39 Å². The number of benzene rings is 1. The minimum atomic E-state index is -0.381. The summed E-state index contributed by atoms with van der Waals surface area (Å²) in [5, 5.41) is 0. The third kappa shape index (κ3) is 2.54. The molecule has 0 radical (unpaired) electrons. The number of rotatable bonds is 2. The first-order valence-corrected chi connectivity index (χ1v) is 6.67. The van der Waals surface area contributed by atoms with Gasteiger partial charge in [0.2, 0.25) is 0 Å². The van der Waals surface area contributed by atoms with Crippen molar-refractivity contribution in [3.63, 3.8) is 0 Å². The molecule has 3 rings (SSSR count). The SMILES string of the molecule is CN1C2CCC1CC(C(=O)c1ccccc1F)C2.Cl. The van der Waals surface area contributed by atoms with Crippen LogP contribution in [0.3, 0.4) is 0 Å². The van der Waals surface area contributed by atoms with Crippen molar-refractivity contribution in [3.05, 3.63) is 35.6 Å². The summed E-state index contributed by atoms with van der Waals surface area (Å²) in [6.07, 6.45) is 4.14. The molecule has 0 spiro atoms. The van der Waals surface area contributed by atoms with Gasteiger partial charge in [-0.1, -0.05) is 12.1 Å². The highest BCUT2D eigenvalue weighted by molar-refractivity contribution is 5.98. The molecule has 1 aromatic rings. The largest absolute Gasteiger partial charge is 0.300 e. The van der Waals surface area contributed by atoms with Crippen molar-refractivity contribution in [2.75, 3.05) is 7.05 Å². The average Bonchev–Trinajstić information content (AvgIpc) is 2.61. The summed E-state index contributed by atoms with van der Waals surface area (Å²) in [6.45, 7) is 0. The van der Waals surface area contributed by atoms with Gasteiger partial charge in [0, 0.05) is 18.0 Å². The number of fused-ring (bicyclic) bond motifs is 2. The molecule has 0 saturated carbocycles. The second-order valence-electron chi connectivity index (χ2n) is 5.56. The third-order valence-electron chi connectivity index (χ3n) is 4.61. The highest BCUT2D eigenvalue weighted by Gasteiger charge is 2.41. The van der Waals surface area contributed by atoms with Crippen LogP contribution in [0.5, 0.6) is 0 Å². The number of halogens is 2. The van der Waals surface area contributed by atoms with Gasteiger partial charge in [-0.3, -0.25) is 4.79 Å². The van der Waals surface area contributed by atoms with Gasteiger partial charge in [-0.15, -0.1) is 12.4 Å². The number of Topliss-reactive ketones (excluding diaryl/α,β-unsaturated/α-hetero) is 1. The quantitative estimate of drug-likeness (QED) is 0.776. The molecule has 4 heteroatoms. The zero-order valence-electron chi connectivity index (χ0n) is 11.0. The van der Waals surface area contributed by atoms with Crippen molar-refractivity contribution in [3.8, 4) is 0 Å². The predicted octanol–water partition coefficient (Wildman–Crippen LogP) is 3.30. The molecule has 2 nitrogen and oxygen atoms in total. The minimum Gasteiger partial charge on any atom is -0.300 e. The van der Waals surface area contributed by atoms with Crippen molar-refractivity contribution < 1.29 is 9.18 Å². The van der Waals surface area contributed by atoms with Gasteiger partial charge in [-0.2, -0.15) is 0 Å². The molecule has 2 aliphatic rings. The Morgan fingerprint density at radius 2 is 1.79 bits per heavy atom. The molecule has 2 aliphatic heterocycles. The second kappa shape index (κ2) is 5.59. The van der Waals surface area contributed by atoms with E-state index in [-0.39, 0.29) is 35.5 Å². The van der Waals surface area contributed by atoms with Crippen LogP contribution in [0, 0.1) is 11.7 Å². The lowest BCUT2D eigenvalue weighted by Gasteiger charge is -2.35. The van der Waals surface area contributed by atoms with E-state index in [0.29, 0.717) is 12.1 Å². The van der Waals surface area contributed by atoms with Crippen LogP contribution in [-0.4, -0.2) is 29.8 Å². The van der Waals surface area contributed by atoms with Gasteiger partial charge < -0.3 is 4.90 Å². The van der Waals surface area contributed by atoms with Gasteiger partial charge in [0.1, 0.15) is 5.82 Å². The first-order chi connectivity index (χ1) is 8.66. The summed E-state index contributed by atoms with van der Waals surface area (Å²) in [5.41, 5.74) is 0.270. The molecule has 0 aliphatic carbocycles. The van der Waals surface area contributed by atoms with E-state index >= 15 is 0 Å². The Balaban J connectivity index is 0.00000133. The summed E-state index contributed by atoms with van der Waals surface area (Å²) >= 11 is 0. The standard InChI is InChI=1S/C15H18FNO.ClH/c1-17-11-6-7-12(17)9-10(8-11)15(18)13-4-2-3-5-14(13)16;/h2-5,10-12H,6-9H2,1H3;1H. The smallest absolute Gasteiger partial charge is 0.169 e. The van der Waals surface area contributed by atoms with Crippen molar-refractivity contribution in [1.29, 1.82) is 0 Å². The van der Waals surface area contributed by atoms with E-state index in [9.17, 15) is 9.18 Å². The number of nitrogens with zero attached hydrogens (tertiary/aromatic N) is 1. The molecule has 19 heavy (non-hydrogen) atoms. The van der Waals surface area contributed by atoms with Crippen LogP contribution in [0.1, 0.15) is 36.0 Å². The Bertz CT molecular complexity index is 465. The molecule has 1 aromatic carbocycles. The number of carbonyl (C=O) groups excluding carboxylic acids is 1. The van der Waals surface area contributed by atoms with Crippen LogP contribution in [0.2, 0.25) is 0 Å². The summed E-state index contributed by atoms with van der Waals surface area (Å²) in [4.78, 5) is 14.8. The molecule has 104 valence electrons. The molecule has 0 N–H and O–H groups in total. The van der Waals surface area contributed by atoms with Crippen LogP contribution in [0.25, 0.3) is 0 Å². The topological polar surface area (TPSA) is 20.3 Å². The maximum atomic E-state index is 13.7. The Kier molecular flexibility index (Phi) is 4.26. The summed E-state index contributed by atoms with van der Waals surface area (Å²) in [7, 11) is 2.14. The van der Waals surface area contributed by atoms with Crippen LogP contribution >= 0.6 is 12.4 Å². The molecule has 0 amide bonds. The molecular weight excluding hydrogens is 265 g/mol. The van der Waals surface area contributed by atoms with E-state index in [4.69, 9.17) is 0 Å².